The number of carbonyl (C=O) groups is 2. The highest BCUT2D eigenvalue weighted by Crippen LogP contribution is 2.29. The molecular weight excluding hydrogens is 374 g/mol. The molecule has 5 nitrogen and oxygen atoms in total. The van der Waals surface area contributed by atoms with Gasteiger partial charge in [0.1, 0.15) is 11.5 Å². The first-order chi connectivity index (χ1) is 11.6. The molecule has 0 aromatic heterocycles. The summed E-state index contributed by atoms with van der Waals surface area (Å²) in [6, 6.07) is 10.5. The molecule has 1 N–H and O–H groups in total. The molecule has 0 unspecified atom stereocenters. The van der Waals surface area contributed by atoms with Gasteiger partial charge in [0.25, 0.3) is 5.91 Å². The first-order valence-electron chi connectivity index (χ1n) is 7.19. The van der Waals surface area contributed by atoms with Crippen LogP contribution in [0.3, 0.4) is 0 Å². The maximum atomic E-state index is 12.3. The predicted octanol–water partition coefficient (Wildman–Crippen LogP) is 3.68. The molecule has 1 heterocycles. The van der Waals surface area contributed by atoms with E-state index in [-0.39, 0.29) is 18.3 Å². The summed E-state index contributed by atoms with van der Waals surface area (Å²) in [5.41, 5.74) is 1.85. The van der Waals surface area contributed by atoms with Gasteiger partial charge in [0.2, 0.25) is 0 Å². The van der Waals surface area contributed by atoms with Crippen LogP contribution in [0.1, 0.15) is 15.9 Å². The molecule has 24 heavy (non-hydrogen) atoms. The smallest absolute Gasteiger partial charge is 0.262 e. The molecule has 6 heteroatoms. The number of fused-ring (bicyclic) bond motifs is 1. The summed E-state index contributed by atoms with van der Waals surface area (Å²) >= 11 is 3.41. The number of rotatable bonds is 4. The molecule has 2 aromatic carbocycles. The number of amides is 1. The number of benzene rings is 2. The van der Waals surface area contributed by atoms with E-state index in [2.05, 4.69) is 21.2 Å². The quantitative estimate of drug-likeness (QED) is 0.641. The van der Waals surface area contributed by atoms with Gasteiger partial charge in [-0.3, -0.25) is 9.59 Å². The minimum Gasteiger partial charge on any atom is -0.496 e. The summed E-state index contributed by atoms with van der Waals surface area (Å²) in [5.74, 6) is 0.897. The molecule has 1 amide bonds. The van der Waals surface area contributed by atoms with Crippen LogP contribution in [0.25, 0.3) is 6.08 Å². The van der Waals surface area contributed by atoms with E-state index in [1.807, 2.05) is 18.2 Å². The number of halogens is 1. The van der Waals surface area contributed by atoms with Crippen LogP contribution in [0, 0.1) is 0 Å². The zero-order valence-electron chi connectivity index (χ0n) is 12.8. The number of carbonyl (C=O) groups excluding carboxylic acids is 2. The molecule has 0 spiro atoms. The standard InChI is InChI=1S/C18H14BrNO4/c1-23-16-6-3-11(8-13(16)19)2-5-15(21)12-4-7-17-14(9-12)20-18(22)10-24-17/h2-9H,10H2,1H3,(H,20,22)/b5-2+. The topological polar surface area (TPSA) is 64.6 Å². The van der Waals surface area contributed by atoms with Gasteiger partial charge in [0.15, 0.2) is 12.4 Å². The van der Waals surface area contributed by atoms with Crippen molar-refractivity contribution in [2.45, 2.75) is 0 Å². The van der Waals surface area contributed by atoms with Crippen LogP contribution in [-0.2, 0) is 4.79 Å². The Labute approximate surface area is 147 Å². The van der Waals surface area contributed by atoms with Crippen LogP contribution in [0.15, 0.2) is 46.9 Å². The fraction of sp³-hybridized carbons (Fsp3) is 0.111. The SMILES string of the molecule is COc1ccc(/C=C/C(=O)c2ccc3c(c2)NC(=O)CO3)cc1Br. The van der Waals surface area contributed by atoms with Crippen LogP contribution in [-0.4, -0.2) is 25.4 Å². The Bertz CT molecular complexity index is 845. The van der Waals surface area contributed by atoms with Gasteiger partial charge in [0, 0.05) is 5.56 Å². The lowest BCUT2D eigenvalue weighted by Gasteiger charge is -2.17. The molecule has 0 saturated heterocycles. The molecule has 0 radical (unpaired) electrons. The molecular formula is C18H14BrNO4. The normalized spacial score (nSPS) is 13.2. The van der Waals surface area contributed by atoms with E-state index < -0.39 is 0 Å². The fourth-order valence-electron chi connectivity index (χ4n) is 2.29. The van der Waals surface area contributed by atoms with Gasteiger partial charge in [-0.25, -0.2) is 0 Å². The number of hydrogen-bond acceptors (Lipinski definition) is 4. The second kappa shape index (κ2) is 6.88. The van der Waals surface area contributed by atoms with Crippen molar-refractivity contribution in [3.05, 3.63) is 58.1 Å². The van der Waals surface area contributed by atoms with E-state index in [1.54, 1.807) is 31.4 Å². The van der Waals surface area contributed by atoms with Gasteiger partial charge >= 0.3 is 0 Å². The lowest BCUT2D eigenvalue weighted by atomic mass is 10.1. The summed E-state index contributed by atoms with van der Waals surface area (Å²) < 4.78 is 11.3. The van der Waals surface area contributed by atoms with Crippen molar-refractivity contribution >= 4 is 39.4 Å². The van der Waals surface area contributed by atoms with Crippen LogP contribution in [0.2, 0.25) is 0 Å². The Hall–Kier alpha value is -2.60. The number of nitrogens with one attached hydrogen (secondary N) is 1. The number of ether oxygens (including phenoxy) is 2. The van der Waals surface area contributed by atoms with Crippen molar-refractivity contribution in [3.8, 4) is 11.5 Å². The first kappa shape index (κ1) is 16.3. The highest BCUT2D eigenvalue weighted by Gasteiger charge is 2.17. The van der Waals surface area contributed by atoms with Crippen LogP contribution in [0.4, 0.5) is 5.69 Å². The van der Waals surface area contributed by atoms with Gasteiger partial charge in [-0.2, -0.15) is 0 Å². The third kappa shape index (κ3) is 3.49. The fourth-order valence-corrected chi connectivity index (χ4v) is 2.85. The zero-order valence-corrected chi connectivity index (χ0v) is 14.4. The Balaban J connectivity index is 1.78. The summed E-state index contributed by atoms with van der Waals surface area (Å²) in [7, 11) is 1.59. The molecule has 1 aliphatic heterocycles. The van der Waals surface area contributed by atoms with E-state index in [4.69, 9.17) is 9.47 Å². The van der Waals surface area contributed by atoms with Crippen molar-refractivity contribution in [1.29, 1.82) is 0 Å². The van der Waals surface area contributed by atoms with Gasteiger partial charge < -0.3 is 14.8 Å². The molecule has 0 saturated carbocycles. The van der Waals surface area contributed by atoms with Crippen LogP contribution in [0.5, 0.6) is 11.5 Å². The number of anilines is 1. The van der Waals surface area contributed by atoms with Gasteiger partial charge in [0.05, 0.1) is 17.3 Å². The average molecular weight is 388 g/mol. The molecule has 3 rings (SSSR count). The molecule has 0 bridgehead atoms. The van der Waals surface area contributed by atoms with Gasteiger partial charge in [-0.1, -0.05) is 12.1 Å². The highest BCUT2D eigenvalue weighted by molar-refractivity contribution is 9.10. The lowest BCUT2D eigenvalue weighted by molar-refractivity contribution is -0.118. The van der Waals surface area contributed by atoms with Crippen LogP contribution >= 0.6 is 15.9 Å². The maximum absolute atomic E-state index is 12.3. The Morgan fingerprint density at radius 1 is 1.29 bits per heavy atom. The number of ketones is 1. The Morgan fingerprint density at radius 3 is 2.88 bits per heavy atom. The molecule has 0 atom stereocenters. The van der Waals surface area contributed by atoms with Crippen molar-refractivity contribution in [2.24, 2.45) is 0 Å². The molecule has 2 aromatic rings. The minimum absolute atomic E-state index is 0.00740. The second-order valence-corrected chi connectivity index (χ2v) is 5.99. The maximum Gasteiger partial charge on any atom is 0.262 e. The minimum atomic E-state index is -0.231. The first-order valence-corrected chi connectivity index (χ1v) is 7.99. The van der Waals surface area contributed by atoms with Gasteiger partial charge in [-0.15, -0.1) is 0 Å². The molecule has 0 aliphatic carbocycles. The summed E-state index contributed by atoms with van der Waals surface area (Å²) in [4.78, 5) is 23.7. The van der Waals surface area contributed by atoms with E-state index in [9.17, 15) is 9.59 Å². The van der Waals surface area contributed by atoms with Crippen molar-refractivity contribution in [1.82, 2.24) is 0 Å². The monoisotopic (exact) mass is 387 g/mol. The molecule has 0 fully saturated rings. The van der Waals surface area contributed by atoms with Crippen LogP contribution < -0.4 is 14.8 Å². The average Bonchev–Trinajstić information content (AvgIpc) is 2.59. The number of allylic oxidation sites excluding steroid dienone is 1. The number of hydrogen-bond donors (Lipinski definition) is 1. The molecule has 122 valence electrons. The van der Waals surface area contributed by atoms with E-state index in [0.717, 1.165) is 15.8 Å². The van der Waals surface area contributed by atoms with Crippen molar-refractivity contribution in [2.75, 3.05) is 19.0 Å². The Morgan fingerprint density at radius 2 is 2.12 bits per heavy atom. The third-order valence-corrected chi connectivity index (χ3v) is 4.12. The second-order valence-electron chi connectivity index (χ2n) is 5.14. The highest BCUT2D eigenvalue weighted by atomic mass is 79.9. The number of methoxy groups -OCH3 is 1. The summed E-state index contributed by atoms with van der Waals surface area (Å²) in [6.45, 7) is -0.00740. The van der Waals surface area contributed by atoms with Gasteiger partial charge in [-0.05, 0) is 57.9 Å². The van der Waals surface area contributed by atoms with E-state index >= 15 is 0 Å². The molecule has 1 aliphatic rings. The Kier molecular flexibility index (Phi) is 4.66. The third-order valence-electron chi connectivity index (χ3n) is 3.50. The predicted molar refractivity (Wildman–Crippen MR) is 94.6 cm³/mol. The summed E-state index contributed by atoms with van der Waals surface area (Å²) in [5, 5.41) is 2.69. The lowest BCUT2D eigenvalue weighted by Crippen LogP contribution is -2.25. The van der Waals surface area contributed by atoms with Crippen molar-refractivity contribution < 1.29 is 19.1 Å². The van der Waals surface area contributed by atoms with E-state index in [0.29, 0.717) is 17.0 Å². The largest absolute Gasteiger partial charge is 0.496 e. The summed E-state index contributed by atoms with van der Waals surface area (Å²) in [6.07, 6.45) is 3.21. The van der Waals surface area contributed by atoms with Crippen molar-refractivity contribution in [3.63, 3.8) is 0 Å². The van der Waals surface area contributed by atoms with E-state index in [1.165, 1.54) is 6.08 Å². The zero-order chi connectivity index (χ0) is 17.1.